The Hall–Kier alpha value is -0.610. The predicted molar refractivity (Wildman–Crippen MR) is 70.8 cm³/mol. The Kier molecular flexibility index (Phi) is 6.52. The van der Waals surface area contributed by atoms with Crippen LogP contribution in [0.5, 0.6) is 0 Å². The van der Waals surface area contributed by atoms with Crippen LogP contribution in [-0.4, -0.2) is 42.5 Å². The van der Waals surface area contributed by atoms with Crippen LogP contribution in [0.4, 0.5) is 0 Å². The molecule has 1 amide bonds. The Morgan fingerprint density at radius 2 is 1.82 bits per heavy atom. The van der Waals surface area contributed by atoms with Gasteiger partial charge in [0, 0.05) is 25.0 Å². The van der Waals surface area contributed by atoms with Crippen LogP contribution in [0.1, 0.15) is 46.0 Å². The van der Waals surface area contributed by atoms with Gasteiger partial charge in [0.25, 0.3) is 0 Å². The molecule has 1 saturated heterocycles. The third-order valence-electron chi connectivity index (χ3n) is 3.30. The third-order valence-corrected chi connectivity index (χ3v) is 3.30. The molecule has 0 aliphatic carbocycles. The standard InChI is InChI=1S/C13H27N3O/c1-11(2)15-13(17)9-12(10-14)16-7-5-3-4-6-8-16/h11-12H,3-10,14H2,1-2H3,(H,15,17). The largest absolute Gasteiger partial charge is 0.354 e. The van der Waals surface area contributed by atoms with Gasteiger partial charge in [-0.1, -0.05) is 12.8 Å². The summed E-state index contributed by atoms with van der Waals surface area (Å²) in [5.41, 5.74) is 5.81. The van der Waals surface area contributed by atoms with Crippen LogP contribution in [0.15, 0.2) is 0 Å². The monoisotopic (exact) mass is 241 g/mol. The van der Waals surface area contributed by atoms with Gasteiger partial charge in [-0.05, 0) is 39.8 Å². The molecule has 4 heteroatoms. The fraction of sp³-hybridized carbons (Fsp3) is 0.923. The molecule has 0 aromatic rings. The van der Waals surface area contributed by atoms with E-state index in [1.807, 2.05) is 13.8 Å². The van der Waals surface area contributed by atoms with Crippen LogP contribution in [0.3, 0.4) is 0 Å². The Morgan fingerprint density at radius 1 is 1.24 bits per heavy atom. The first-order valence-electron chi connectivity index (χ1n) is 6.87. The van der Waals surface area contributed by atoms with Crippen LogP contribution in [0.25, 0.3) is 0 Å². The zero-order valence-corrected chi connectivity index (χ0v) is 11.2. The summed E-state index contributed by atoms with van der Waals surface area (Å²) < 4.78 is 0. The number of carbonyl (C=O) groups is 1. The number of likely N-dealkylation sites (tertiary alicyclic amines) is 1. The predicted octanol–water partition coefficient (Wildman–Crippen LogP) is 1.10. The second-order valence-corrected chi connectivity index (χ2v) is 5.27. The van der Waals surface area contributed by atoms with Gasteiger partial charge in [0.05, 0.1) is 0 Å². The van der Waals surface area contributed by atoms with Crippen molar-refractivity contribution in [1.29, 1.82) is 0 Å². The van der Waals surface area contributed by atoms with Crippen molar-refractivity contribution in [3.63, 3.8) is 0 Å². The first kappa shape index (κ1) is 14.5. The molecule has 1 unspecified atom stereocenters. The highest BCUT2D eigenvalue weighted by atomic mass is 16.1. The fourth-order valence-corrected chi connectivity index (χ4v) is 2.42. The zero-order valence-electron chi connectivity index (χ0n) is 11.2. The van der Waals surface area contributed by atoms with E-state index in [4.69, 9.17) is 5.73 Å². The molecule has 1 atom stereocenters. The summed E-state index contributed by atoms with van der Waals surface area (Å²) >= 11 is 0. The van der Waals surface area contributed by atoms with Gasteiger partial charge >= 0.3 is 0 Å². The van der Waals surface area contributed by atoms with E-state index < -0.39 is 0 Å². The normalized spacial score (nSPS) is 20.0. The summed E-state index contributed by atoms with van der Waals surface area (Å²) in [6.07, 6.45) is 5.64. The van der Waals surface area contributed by atoms with E-state index in [1.165, 1.54) is 25.7 Å². The lowest BCUT2D eigenvalue weighted by atomic mass is 10.1. The van der Waals surface area contributed by atoms with Gasteiger partial charge in [0.2, 0.25) is 5.91 Å². The van der Waals surface area contributed by atoms with Crippen LogP contribution < -0.4 is 11.1 Å². The van der Waals surface area contributed by atoms with E-state index in [9.17, 15) is 4.79 Å². The lowest BCUT2D eigenvalue weighted by Gasteiger charge is -2.29. The average Bonchev–Trinajstić information content (AvgIpc) is 2.53. The molecule has 1 aliphatic rings. The molecule has 1 fully saturated rings. The van der Waals surface area contributed by atoms with Crippen molar-refractivity contribution in [3.8, 4) is 0 Å². The van der Waals surface area contributed by atoms with Crippen molar-refractivity contribution in [1.82, 2.24) is 10.2 Å². The molecule has 0 radical (unpaired) electrons. The van der Waals surface area contributed by atoms with Gasteiger partial charge in [0.1, 0.15) is 0 Å². The Bertz CT molecular complexity index is 223. The Labute approximate surface area is 105 Å². The molecule has 0 saturated carbocycles. The Morgan fingerprint density at radius 3 is 2.29 bits per heavy atom. The van der Waals surface area contributed by atoms with Gasteiger partial charge in [-0.2, -0.15) is 0 Å². The van der Waals surface area contributed by atoms with E-state index >= 15 is 0 Å². The summed E-state index contributed by atoms with van der Waals surface area (Å²) in [4.78, 5) is 14.2. The maximum absolute atomic E-state index is 11.8. The van der Waals surface area contributed by atoms with Crippen molar-refractivity contribution < 1.29 is 4.79 Å². The highest BCUT2D eigenvalue weighted by Gasteiger charge is 2.21. The van der Waals surface area contributed by atoms with E-state index in [1.54, 1.807) is 0 Å². The number of hydrogen-bond donors (Lipinski definition) is 2. The molecule has 0 aromatic carbocycles. The molecule has 100 valence electrons. The quantitative estimate of drug-likeness (QED) is 0.758. The number of nitrogens with zero attached hydrogens (tertiary/aromatic N) is 1. The maximum Gasteiger partial charge on any atom is 0.221 e. The first-order chi connectivity index (χ1) is 8.13. The number of carbonyl (C=O) groups excluding carboxylic acids is 1. The minimum Gasteiger partial charge on any atom is -0.354 e. The number of nitrogens with two attached hydrogens (primary N) is 1. The molecule has 0 spiro atoms. The molecule has 1 heterocycles. The van der Waals surface area contributed by atoms with Gasteiger partial charge in [0.15, 0.2) is 0 Å². The second kappa shape index (κ2) is 7.67. The molecule has 0 bridgehead atoms. The molecular weight excluding hydrogens is 214 g/mol. The smallest absolute Gasteiger partial charge is 0.221 e. The molecule has 3 N–H and O–H groups in total. The number of amides is 1. The summed E-state index contributed by atoms with van der Waals surface area (Å²) in [6.45, 7) is 6.74. The van der Waals surface area contributed by atoms with Gasteiger partial charge in [-0.15, -0.1) is 0 Å². The third kappa shape index (κ3) is 5.50. The second-order valence-electron chi connectivity index (χ2n) is 5.27. The molecular formula is C13H27N3O. The number of hydrogen-bond acceptors (Lipinski definition) is 3. The van der Waals surface area contributed by atoms with Crippen LogP contribution >= 0.6 is 0 Å². The van der Waals surface area contributed by atoms with Crippen molar-refractivity contribution in [2.45, 2.75) is 58.0 Å². The Balaban J connectivity index is 2.42. The van der Waals surface area contributed by atoms with E-state index in [2.05, 4.69) is 10.2 Å². The highest BCUT2D eigenvalue weighted by molar-refractivity contribution is 5.76. The van der Waals surface area contributed by atoms with Gasteiger partial charge in [-0.3, -0.25) is 9.69 Å². The highest BCUT2D eigenvalue weighted by Crippen LogP contribution is 2.13. The first-order valence-corrected chi connectivity index (χ1v) is 6.87. The average molecular weight is 241 g/mol. The van der Waals surface area contributed by atoms with Crippen LogP contribution in [0, 0.1) is 0 Å². The SMILES string of the molecule is CC(C)NC(=O)CC(CN)N1CCCCCC1. The molecule has 4 nitrogen and oxygen atoms in total. The lowest BCUT2D eigenvalue weighted by molar-refractivity contribution is -0.122. The van der Waals surface area contributed by atoms with E-state index in [0.717, 1.165) is 13.1 Å². The number of rotatable bonds is 5. The van der Waals surface area contributed by atoms with Crippen LogP contribution in [0.2, 0.25) is 0 Å². The topological polar surface area (TPSA) is 58.4 Å². The molecule has 1 aliphatic heterocycles. The van der Waals surface area contributed by atoms with E-state index in [-0.39, 0.29) is 18.0 Å². The summed E-state index contributed by atoms with van der Waals surface area (Å²) in [7, 11) is 0. The lowest BCUT2D eigenvalue weighted by Crippen LogP contribution is -2.45. The minimum atomic E-state index is 0.125. The zero-order chi connectivity index (χ0) is 12.7. The summed E-state index contributed by atoms with van der Waals surface area (Å²) in [5.74, 6) is 0.125. The van der Waals surface area contributed by atoms with Gasteiger partial charge < -0.3 is 11.1 Å². The van der Waals surface area contributed by atoms with Crippen molar-refractivity contribution in [3.05, 3.63) is 0 Å². The summed E-state index contributed by atoms with van der Waals surface area (Å²) in [5, 5.41) is 2.94. The van der Waals surface area contributed by atoms with Crippen molar-refractivity contribution >= 4 is 5.91 Å². The van der Waals surface area contributed by atoms with Crippen molar-refractivity contribution in [2.24, 2.45) is 5.73 Å². The minimum absolute atomic E-state index is 0.125. The maximum atomic E-state index is 11.8. The summed E-state index contributed by atoms with van der Waals surface area (Å²) in [6, 6.07) is 0.428. The fourth-order valence-electron chi connectivity index (χ4n) is 2.42. The van der Waals surface area contributed by atoms with Crippen molar-refractivity contribution in [2.75, 3.05) is 19.6 Å². The van der Waals surface area contributed by atoms with E-state index in [0.29, 0.717) is 13.0 Å². The molecule has 17 heavy (non-hydrogen) atoms. The number of nitrogens with one attached hydrogen (secondary N) is 1. The van der Waals surface area contributed by atoms with Gasteiger partial charge in [-0.25, -0.2) is 0 Å². The molecule has 1 rings (SSSR count). The van der Waals surface area contributed by atoms with Crippen LogP contribution in [-0.2, 0) is 4.79 Å². The molecule has 0 aromatic heterocycles.